The molecule has 0 bridgehead atoms. The molecule has 1 atom stereocenters. The van der Waals surface area contributed by atoms with Gasteiger partial charge in [-0.15, -0.1) is 0 Å². The minimum Gasteiger partial charge on any atom is -0.490 e. The first-order valence-electron chi connectivity index (χ1n) is 10.7. The number of para-hydroxylation sites is 1. The van der Waals surface area contributed by atoms with Crippen LogP contribution in [0, 0.1) is 17.0 Å². The van der Waals surface area contributed by atoms with Crippen LogP contribution in [0.2, 0.25) is 0 Å². The SMILES string of the molecule is CCOc1cc([C@H](C[N+](=O)[O-])c2c[nH]c3ccccc23)ccc1OCc1ccc(C)cc1. The lowest BCUT2D eigenvalue weighted by Gasteiger charge is -2.17. The summed E-state index contributed by atoms with van der Waals surface area (Å²) in [5.74, 6) is 0.798. The Bertz CT molecular complexity index is 1210. The van der Waals surface area contributed by atoms with Crippen LogP contribution in [-0.2, 0) is 6.61 Å². The van der Waals surface area contributed by atoms with Crippen molar-refractivity contribution < 1.29 is 14.4 Å². The van der Waals surface area contributed by atoms with Gasteiger partial charge in [0.2, 0.25) is 6.54 Å². The molecule has 4 aromatic rings. The minimum atomic E-state index is -0.411. The van der Waals surface area contributed by atoms with Crippen LogP contribution in [0.15, 0.2) is 72.9 Å². The molecule has 1 N–H and O–H groups in total. The van der Waals surface area contributed by atoms with E-state index in [2.05, 4.69) is 17.1 Å². The third-order valence-corrected chi connectivity index (χ3v) is 5.51. The fourth-order valence-corrected chi connectivity index (χ4v) is 3.89. The van der Waals surface area contributed by atoms with Gasteiger partial charge in [0, 0.05) is 22.0 Å². The van der Waals surface area contributed by atoms with Crippen LogP contribution in [0.1, 0.15) is 35.1 Å². The zero-order valence-corrected chi connectivity index (χ0v) is 18.2. The summed E-state index contributed by atoms with van der Waals surface area (Å²) in [6.45, 7) is 4.63. The number of hydrogen-bond donors (Lipinski definition) is 1. The predicted octanol–water partition coefficient (Wildman–Crippen LogP) is 5.86. The van der Waals surface area contributed by atoms with Crippen molar-refractivity contribution in [1.82, 2.24) is 4.98 Å². The van der Waals surface area contributed by atoms with Gasteiger partial charge in [-0.25, -0.2) is 0 Å². The molecular formula is C26H26N2O4. The third kappa shape index (κ3) is 4.75. The highest BCUT2D eigenvalue weighted by Crippen LogP contribution is 2.36. The van der Waals surface area contributed by atoms with E-state index in [9.17, 15) is 10.1 Å². The lowest BCUT2D eigenvalue weighted by molar-refractivity contribution is -0.481. The van der Waals surface area contributed by atoms with Crippen molar-refractivity contribution in [3.05, 3.63) is 105 Å². The largest absolute Gasteiger partial charge is 0.490 e. The molecule has 0 fully saturated rings. The Balaban J connectivity index is 1.66. The number of nitrogens with one attached hydrogen (secondary N) is 1. The summed E-state index contributed by atoms with van der Waals surface area (Å²) in [5.41, 5.74) is 4.93. The van der Waals surface area contributed by atoms with Crippen molar-refractivity contribution in [1.29, 1.82) is 0 Å². The Hall–Kier alpha value is -3.80. The number of aryl methyl sites for hydroxylation is 1. The van der Waals surface area contributed by atoms with Gasteiger partial charge in [0.15, 0.2) is 11.5 Å². The molecule has 0 radical (unpaired) electrons. The standard InChI is InChI=1S/C26H26N2O4/c1-3-31-26-14-20(12-13-25(26)32-17-19-10-8-18(2)9-11-19)23(16-28(29)30)22-15-27-24-7-5-4-6-21(22)24/h4-15,23,27H,3,16-17H2,1-2H3/t23-/m0/s1. The van der Waals surface area contributed by atoms with Gasteiger partial charge in [0.1, 0.15) is 6.61 Å². The molecule has 0 spiro atoms. The molecule has 4 rings (SSSR count). The molecule has 1 heterocycles. The summed E-state index contributed by atoms with van der Waals surface area (Å²) < 4.78 is 11.9. The highest BCUT2D eigenvalue weighted by molar-refractivity contribution is 5.84. The van der Waals surface area contributed by atoms with E-state index in [0.717, 1.165) is 27.6 Å². The summed E-state index contributed by atoms with van der Waals surface area (Å²) in [7, 11) is 0. The van der Waals surface area contributed by atoms with Gasteiger partial charge in [-0.2, -0.15) is 0 Å². The number of aromatic amines is 1. The van der Waals surface area contributed by atoms with Crippen molar-refractivity contribution in [2.45, 2.75) is 26.4 Å². The molecule has 164 valence electrons. The Labute approximate surface area is 187 Å². The maximum atomic E-state index is 11.5. The molecule has 1 aromatic heterocycles. The summed E-state index contributed by atoms with van der Waals surface area (Å²) in [6.07, 6.45) is 1.86. The molecule has 0 amide bonds. The molecule has 0 saturated heterocycles. The Kier molecular flexibility index (Phi) is 6.40. The molecule has 3 aromatic carbocycles. The van der Waals surface area contributed by atoms with Crippen LogP contribution >= 0.6 is 0 Å². The van der Waals surface area contributed by atoms with Crippen LogP contribution in [0.4, 0.5) is 0 Å². The number of nitro groups is 1. The highest BCUT2D eigenvalue weighted by atomic mass is 16.6. The number of benzene rings is 3. The second kappa shape index (κ2) is 9.56. The van der Waals surface area contributed by atoms with Crippen LogP contribution in [0.25, 0.3) is 10.9 Å². The Morgan fingerprint density at radius 1 is 1.00 bits per heavy atom. The number of hydrogen-bond acceptors (Lipinski definition) is 4. The smallest absolute Gasteiger partial charge is 0.214 e. The van der Waals surface area contributed by atoms with E-state index in [1.165, 1.54) is 5.56 Å². The molecule has 6 heteroatoms. The Morgan fingerprint density at radius 3 is 2.53 bits per heavy atom. The third-order valence-electron chi connectivity index (χ3n) is 5.51. The summed E-state index contributed by atoms with van der Waals surface area (Å²) in [4.78, 5) is 14.5. The van der Waals surface area contributed by atoms with Gasteiger partial charge in [-0.05, 0) is 48.7 Å². The number of ether oxygens (including phenoxy) is 2. The summed E-state index contributed by atoms with van der Waals surface area (Å²) >= 11 is 0. The van der Waals surface area contributed by atoms with E-state index in [1.807, 2.05) is 74.6 Å². The molecule has 0 saturated carbocycles. The monoisotopic (exact) mass is 430 g/mol. The predicted molar refractivity (Wildman–Crippen MR) is 125 cm³/mol. The topological polar surface area (TPSA) is 77.4 Å². The fraction of sp³-hybridized carbons (Fsp3) is 0.231. The zero-order valence-electron chi connectivity index (χ0n) is 18.2. The van der Waals surface area contributed by atoms with Crippen molar-refractivity contribution >= 4 is 10.9 Å². The fourth-order valence-electron chi connectivity index (χ4n) is 3.89. The maximum Gasteiger partial charge on any atom is 0.214 e. The van der Waals surface area contributed by atoms with Crippen molar-refractivity contribution in [2.75, 3.05) is 13.2 Å². The average molecular weight is 431 g/mol. The van der Waals surface area contributed by atoms with Gasteiger partial charge < -0.3 is 14.5 Å². The highest BCUT2D eigenvalue weighted by Gasteiger charge is 2.24. The van der Waals surface area contributed by atoms with E-state index in [1.54, 1.807) is 0 Å². The number of H-pyrrole nitrogens is 1. The molecule has 0 aliphatic heterocycles. The summed E-state index contributed by atoms with van der Waals surface area (Å²) in [5, 5.41) is 12.5. The quantitative estimate of drug-likeness (QED) is 0.266. The zero-order chi connectivity index (χ0) is 22.5. The van der Waals surface area contributed by atoms with E-state index < -0.39 is 5.92 Å². The first kappa shape index (κ1) is 21.4. The second-order valence-electron chi connectivity index (χ2n) is 7.77. The normalized spacial score (nSPS) is 11.9. The summed E-state index contributed by atoms with van der Waals surface area (Å²) in [6, 6.07) is 21.6. The van der Waals surface area contributed by atoms with Crippen molar-refractivity contribution in [2.24, 2.45) is 0 Å². The minimum absolute atomic E-state index is 0.211. The molecular weight excluding hydrogens is 404 g/mol. The van der Waals surface area contributed by atoms with Crippen LogP contribution < -0.4 is 9.47 Å². The maximum absolute atomic E-state index is 11.5. The average Bonchev–Trinajstić information content (AvgIpc) is 3.22. The van der Waals surface area contributed by atoms with Crippen LogP contribution in [0.3, 0.4) is 0 Å². The van der Waals surface area contributed by atoms with Gasteiger partial charge in [0.25, 0.3) is 0 Å². The molecule has 0 aliphatic carbocycles. The number of rotatable bonds is 9. The van der Waals surface area contributed by atoms with Gasteiger partial charge in [-0.1, -0.05) is 54.1 Å². The first-order chi connectivity index (χ1) is 15.5. The van der Waals surface area contributed by atoms with Crippen LogP contribution in [0.5, 0.6) is 11.5 Å². The molecule has 32 heavy (non-hydrogen) atoms. The van der Waals surface area contributed by atoms with E-state index in [4.69, 9.17) is 9.47 Å². The number of nitrogens with zero attached hydrogens (tertiary/aromatic N) is 1. The van der Waals surface area contributed by atoms with E-state index >= 15 is 0 Å². The number of aromatic nitrogens is 1. The molecule has 0 unspecified atom stereocenters. The van der Waals surface area contributed by atoms with E-state index in [0.29, 0.717) is 24.7 Å². The van der Waals surface area contributed by atoms with E-state index in [-0.39, 0.29) is 11.5 Å². The van der Waals surface area contributed by atoms with Gasteiger partial charge in [-0.3, -0.25) is 10.1 Å². The van der Waals surface area contributed by atoms with Gasteiger partial charge >= 0.3 is 0 Å². The number of fused-ring (bicyclic) bond motifs is 1. The first-order valence-corrected chi connectivity index (χ1v) is 10.7. The molecule has 0 aliphatic rings. The van der Waals surface area contributed by atoms with Gasteiger partial charge in [0.05, 0.1) is 12.5 Å². The van der Waals surface area contributed by atoms with Crippen LogP contribution in [-0.4, -0.2) is 23.1 Å². The second-order valence-corrected chi connectivity index (χ2v) is 7.77. The lowest BCUT2D eigenvalue weighted by Crippen LogP contribution is -2.14. The lowest BCUT2D eigenvalue weighted by atomic mass is 9.90. The van der Waals surface area contributed by atoms with Crippen molar-refractivity contribution in [3.63, 3.8) is 0 Å². The van der Waals surface area contributed by atoms with Crippen molar-refractivity contribution in [3.8, 4) is 11.5 Å². The molecule has 6 nitrogen and oxygen atoms in total. The Morgan fingerprint density at radius 2 is 1.78 bits per heavy atom.